The van der Waals surface area contributed by atoms with Crippen LogP contribution in [0.1, 0.15) is 24.3 Å². The lowest BCUT2D eigenvalue weighted by Crippen LogP contribution is -2.00. The fourth-order valence-electron chi connectivity index (χ4n) is 1.62. The first-order valence-electron chi connectivity index (χ1n) is 5.07. The van der Waals surface area contributed by atoms with Crippen molar-refractivity contribution in [2.45, 2.75) is 18.8 Å². The first kappa shape index (κ1) is 13.0. The second-order valence-corrected chi connectivity index (χ2v) is 5.01. The molecule has 0 saturated heterocycles. The Labute approximate surface area is 108 Å². The van der Waals surface area contributed by atoms with Crippen molar-refractivity contribution in [1.82, 2.24) is 0 Å². The monoisotopic (exact) mass is 334 g/mol. The van der Waals surface area contributed by atoms with E-state index in [0.717, 1.165) is 16.4 Å². The van der Waals surface area contributed by atoms with Crippen LogP contribution in [-0.4, -0.2) is 17.8 Å². The van der Waals surface area contributed by atoms with Gasteiger partial charge < -0.3 is 4.74 Å². The molecule has 0 aliphatic heterocycles. The Balaban J connectivity index is 2.72. The van der Waals surface area contributed by atoms with Crippen molar-refractivity contribution in [3.63, 3.8) is 0 Å². The van der Waals surface area contributed by atoms with Crippen LogP contribution in [0.3, 0.4) is 0 Å². The van der Waals surface area contributed by atoms with Crippen LogP contribution in [0.25, 0.3) is 0 Å². The van der Waals surface area contributed by atoms with Crippen molar-refractivity contribution < 1.29 is 4.74 Å². The quantitative estimate of drug-likeness (QED) is 0.702. The van der Waals surface area contributed by atoms with Gasteiger partial charge in [0.15, 0.2) is 0 Å². The topological polar surface area (TPSA) is 9.23 Å². The molecule has 0 bridgehead atoms. The van der Waals surface area contributed by atoms with E-state index in [9.17, 15) is 0 Å². The maximum atomic E-state index is 5.15. The molecule has 0 aliphatic rings. The first-order valence-corrected chi connectivity index (χ1v) is 7.32. The van der Waals surface area contributed by atoms with E-state index >= 15 is 0 Å². The largest absolute Gasteiger partial charge is 0.497 e. The zero-order valence-electron chi connectivity index (χ0n) is 8.88. The molecule has 1 aromatic rings. The fourth-order valence-corrected chi connectivity index (χ4v) is 2.72. The molecule has 0 atom stereocenters. The minimum Gasteiger partial charge on any atom is -0.497 e. The van der Waals surface area contributed by atoms with Crippen LogP contribution in [0.5, 0.6) is 5.75 Å². The second kappa shape index (κ2) is 7.29. The minimum absolute atomic E-state index is 0.634. The first-order chi connectivity index (χ1) is 7.31. The van der Waals surface area contributed by atoms with Crippen LogP contribution in [0, 0.1) is 0 Å². The van der Waals surface area contributed by atoms with E-state index in [-0.39, 0.29) is 0 Å². The van der Waals surface area contributed by atoms with E-state index in [1.165, 1.54) is 18.4 Å². The molecule has 0 radical (unpaired) electrons. The summed E-state index contributed by atoms with van der Waals surface area (Å²) in [6.45, 7) is 0. The molecule has 15 heavy (non-hydrogen) atoms. The van der Waals surface area contributed by atoms with Gasteiger partial charge in [0.1, 0.15) is 5.75 Å². The summed E-state index contributed by atoms with van der Waals surface area (Å²) in [4.78, 5) is 0. The maximum Gasteiger partial charge on any atom is 0.118 e. The Morgan fingerprint density at radius 2 is 1.60 bits per heavy atom. The molecular weight excluding hydrogens is 320 g/mol. The Morgan fingerprint density at radius 3 is 2.00 bits per heavy atom. The molecule has 84 valence electrons. The summed E-state index contributed by atoms with van der Waals surface area (Å²) in [7, 11) is 1.70. The summed E-state index contributed by atoms with van der Waals surface area (Å²) in [5.74, 6) is 1.56. The highest BCUT2D eigenvalue weighted by molar-refractivity contribution is 9.09. The lowest BCUT2D eigenvalue weighted by Gasteiger charge is -2.15. The molecule has 0 aliphatic carbocycles. The summed E-state index contributed by atoms with van der Waals surface area (Å²) in [6, 6.07) is 8.39. The van der Waals surface area contributed by atoms with Crippen molar-refractivity contribution in [3.05, 3.63) is 29.8 Å². The predicted octanol–water partition coefficient (Wildman–Crippen LogP) is 4.35. The SMILES string of the molecule is COc1ccc(C(CCBr)CCBr)cc1. The van der Waals surface area contributed by atoms with Crippen LogP contribution in [0.4, 0.5) is 0 Å². The molecule has 0 saturated carbocycles. The number of methoxy groups -OCH3 is 1. The smallest absolute Gasteiger partial charge is 0.118 e. The number of halogens is 2. The van der Waals surface area contributed by atoms with E-state index in [1.807, 2.05) is 12.1 Å². The lowest BCUT2D eigenvalue weighted by atomic mass is 9.94. The molecule has 0 unspecified atom stereocenters. The molecule has 0 fully saturated rings. The lowest BCUT2D eigenvalue weighted by molar-refractivity contribution is 0.414. The van der Waals surface area contributed by atoms with Gasteiger partial charge in [-0.3, -0.25) is 0 Å². The van der Waals surface area contributed by atoms with E-state index in [4.69, 9.17) is 4.74 Å². The van der Waals surface area contributed by atoms with E-state index in [0.29, 0.717) is 5.92 Å². The fraction of sp³-hybridized carbons (Fsp3) is 0.500. The van der Waals surface area contributed by atoms with Gasteiger partial charge in [-0.25, -0.2) is 0 Å². The van der Waals surface area contributed by atoms with Crippen molar-refractivity contribution in [2.24, 2.45) is 0 Å². The van der Waals surface area contributed by atoms with Crippen molar-refractivity contribution in [3.8, 4) is 5.75 Å². The normalized spacial score (nSPS) is 10.7. The Kier molecular flexibility index (Phi) is 6.34. The van der Waals surface area contributed by atoms with Gasteiger partial charge in [-0.15, -0.1) is 0 Å². The summed E-state index contributed by atoms with van der Waals surface area (Å²) in [5, 5.41) is 2.10. The number of hydrogen-bond acceptors (Lipinski definition) is 1. The summed E-state index contributed by atoms with van der Waals surface area (Å²) in [5.41, 5.74) is 1.40. The molecule has 0 spiro atoms. The van der Waals surface area contributed by atoms with Gasteiger partial charge in [-0.2, -0.15) is 0 Å². The molecule has 0 N–H and O–H groups in total. The third kappa shape index (κ3) is 4.15. The zero-order valence-corrected chi connectivity index (χ0v) is 12.1. The molecule has 1 rings (SSSR count). The van der Waals surface area contributed by atoms with Crippen molar-refractivity contribution in [2.75, 3.05) is 17.8 Å². The standard InChI is InChI=1S/C12H16Br2O/c1-15-12-4-2-10(3-5-12)11(6-8-13)7-9-14/h2-5,11H,6-9H2,1H3. The summed E-state index contributed by atoms with van der Waals surface area (Å²) in [6.07, 6.45) is 2.36. The van der Waals surface area contributed by atoms with Crippen LogP contribution in [-0.2, 0) is 0 Å². The van der Waals surface area contributed by atoms with Crippen LogP contribution >= 0.6 is 31.9 Å². The van der Waals surface area contributed by atoms with Gasteiger partial charge in [-0.05, 0) is 36.5 Å². The van der Waals surface area contributed by atoms with E-state index in [2.05, 4.69) is 44.0 Å². The Hall–Kier alpha value is -0.0200. The number of alkyl halides is 2. The summed E-state index contributed by atoms with van der Waals surface area (Å²) < 4.78 is 5.15. The van der Waals surface area contributed by atoms with E-state index in [1.54, 1.807) is 7.11 Å². The number of hydrogen-bond donors (Lipinski definition) is 0. The molecule has 1 aromatic carbocycles. The molecule has 0 amide bonds. The average Bonchev–Trinajstić information content (AvgIpc) is 2.29. The zero-order chi connectivity index (χ0) is 11.1. The van der Waals surface area contributed by atoms with Gasteiger partial charge in [0.05, 0.1) is 7.11 Å². The number of ether oxygens (including phenoxy) is 1. The Bertz CT molecular complexity index is 265. The van der Waals surface area contributed by atoms with Crippen molar-refractivity contribution >= 4 is 31.9 Å². The van der Waals surface area contributed by atoms with Crippen LogP contribution in [0.2, 0.25) is 0 Å². The third-order valence-corrected chi connectivity index (χ3v) is 3.42. The molecule has 1 nitrogen and oxygen atoms in total. The average molecular weight is 336 g/mol. The van der Waals surface area contributed by atoms with Gasteiger partial charge >= 0.3 is 0 Å². The van der Waals surface area contributed by atoms with Crippen LogP contribution in [0.15, 0.2) is 24.3 Å². The Morgan fingerprint density at radius 1 is 1.07 bits per heavy atom. The van der Waals surface area contributed by atoms with Gasteiger partial charge in [0.25, 0.3) is 0 Å². The molecule has 0 aromatic heterocycles. The van der Waals surface area contributed by atoms with Crippen molar-refractivity contribution in [1.29, 1.82) is 0 Å². The highest BCUT2D eigenvalue weighted by Crippen LogP contribution is 2.26. The van der Waals surface area contributed by atoms with E-state index < -0.39 is 0 Å². The highest BCUT2D eigenvalue weighted by atomic mass is 79.9. The van der Waals surface area contributed by atoms with Gasteiger partial charge in [0, 0.05) is 10.7 Å². The number of rotatable bonds is 6. The summed E-state index contributed by atoms with van der Waals surface area (Å²) >= 11 is 7.01. The van der Waals surface area contributed by atoms with Crippen LogP contribution < -0.4 is 4.74 Å². The molecular formula is C12H16Br2O. The van der Waals surface area contributed by atoms with Gasteiger partial charge in [-0.1, -0.05) is 44.0 Å². The maximum absolute atomic E-state index is 5.15. The number of benzene rings is 1. The predicted molar refractivity (Wildman–Crippen MR) is 72.6 cm³/mol. The highest BCUT2D eigenvalue weighted by Gasteiger charge is 2.09. The second-order valence-electron chi connectivity index (χ2n) is 3.43. The van der Waals surface area contributed by atoms with Gasteiger partial charge in [0.2, 0.25) is 0 Å². The molecule has 3 heteroatoms. The third-order valence-electron chi connectivity index (χ3n) is 2.50. The minimum atomic E-state index is 0.634. The molecule has 0 heterocycles.